The van der Waals surface area contributed by atoms with Crippen LogP contribution in [0.15, 0.2) is 29.6 Å². The van der Waals surface area contributed by atoms with Crippen molar-refractivity contribution in [2.24, 2.45) is 11.7 Å². The van der Waals surface area contributed by atoms with Crippen molar-refractivity contribution in [3.63, 3.8) is 0 Å². The summed E-state index contributed by atoms with van der Waals surface area (Å²) in [5.74, 6) is -2.36. The molecule has 1 aromatic heterocycles. The van der Waals surface area contributed by atoms with Crippen molar-refractivity contribution in [2.75, 3.05) is 0 Å². The lowest BCUT2D eigenvalue weighted by Crippen LogP contribution is -2.45. The third kappa shape index (κ3) is 4.83. The van der Waals surface area contributed by atoms with Crippen LogP contribution in [0.3, 0.4) is 0 Å². The molecular formula is C16H16FN3O4S. The van der Waals surface area contributed by atoms with E-state index in [1.54, 1.807) is 26.0 Å². The number of rotatable bonds is 5. The molecule has 2 rings (SSSR count). The van der Waals surface area contributed by atoms with E-state index < -0.39 is 24.0 Å². The summed E-state index contributed by atoms with van der Waals surface area (Å²) in [6, 6.07) is 4.63. The van der Waals surface area contributed by atoms with Gasteiger partial charge in [0, 0.05) is 10.9 Å². The largest absolute Gasteiger partial charge is 0.447 e. The van der Waals surface area contributed by atoms with E-state index in [-0.39, 0.29) is 17.4 Å². The van der Waals surface area contributed by atoms with E-state index >= 15 is 0 Å². The van der Waals surface area contributed by atoms with Gasteiger partial charge in [-0.3, -0.25) is 10.1 Å². The number of primary amides is 1. The molecule has 0 saturated carbocycles. The monoisotopic (exact) mass is 365 g/mol. The number of imide groups is 1. The summed E-state index contributed by atoms with van der Waals surface area (Å²) in [4.78, 5) is 39.0. The molecule has 3 amide bonds. The smallest absolute Gasteiger partial charge is 0.358 e. The Hall–Kier alpha value is -2.81. The molecule has 2 aromatic rings. The summed E-state index contributed by atoms with van der Waals surface area (Å²) in [6.07, 6.45) is -1.18. The Labute approximate surface area is 147 Å². The number of nitrogens with one attached hydrogen (secondary N) is 1. The zero-order valence-electron chi connectivity index (χ0n) is 13.5. The van der Waals surface area contributed by atoms with Crippen molar-refractivity contribution in [2.45, 2.75) is 20.0 Å². The van der Waals surface area contributed by atoms with E-state index in [2.05, 4.69) is 4.98 Å². The third-order valence-electron chi connectivity index (χ3n) is 3.15. The molecule has 0 spiro atoms. The van der Waals surface area contributed by atoms with Gasteiger partial charge in [-0.1, -0.05) is 13.8 Å². The molecule has 0 saturated heterocycles. The fourth-order valence-corrected chi connectivity index (χ4v) is 2.75. The van der Waals surface area contributed by atoms with Crippen molar-refractivity contribution in [3.8, 4) is 10.6 Å². The number of hydrogen-bond donors (Lipinski definition) is 2. The van der Waals surface area contributed by atoms with Gasteiger partial charge in [-0.25, -0.2) is 19.0 Å². The Balaban J connectivity index is 2.13. The highest BCUT2D eigenvalue weighted by atomic mass is 32.1. The highest BCUT2D eigenvalue weighted by molar-refractivity contribution is 7.13. The third-order valence-corrected chi connectivity index (χ3v) is 4.04. The number of amides is 3. The number of urea groups is 1. The average Bonchev–Trinajstić information content (AvgIpc) is 3.02. The first-order chi connectivity index (χ1) is 11.8. The lowest BCUT2D eigenvalue weighted by atomic mass is 10.1. The van der Waals surface area contributed by atoms with Crippen LogP contribution >= 0.6 is 11.3 Å². The number of carbonyl (C=O) groups excluding carboxylic acids is 3. The Morgan fingerprint density at radius 3 is 2.44 bits per heavy atom. The fraction of sp³-hybridized carbons (Fsp3) is 0.250. The van der Waals surface area contributed by atoms with Crippen LogP contribution in [0.5, 0.6) is 0 Å². The summed E-state index contributed by atoms with van der Waals surface area (Å²) in [5.41, 5.74) is 5.57. The molecule has 1 atom stereocenters. The van der Waals surface area contributed by atoms with E-state index in [1.165, 1.54) is 28.8 Å². The number of thiazole rings is 1. The van der Waals surface area contributed by atoms with Crippen molar-refractivity contribution in [3.05, 3.63) is 41.2 Å². The number of nitrogens with two attached hydrogens (primary N) is 1. The second-order valence-corrected chi connectivity index (χ2v) is 6.33. The minimum Gasteiger partial charge on any atom is -0.447 e. The SMILES string of the molecule is CC(C)[C@@H](OC(=O)c1csc(-c2ccc(F)cc2)n1)C(=O)NC(N)=O. The normalized spacial score (nSPS) is 11.8. The van der Waals surface area contributed by atoms with E-state index in [0.29, 0.717) is 10.6 Å². The number of aromatic nitrogens is 1. The predicted molar refractivity (Wildman–Crippen MR) is 89.3 cm³/mol. The second kappa shape index (κ2) is 7.84. The first kappa shape index (κ1) is 18.5. The molecule has 132 valence electrons. The molecule has 0 unspecified atom stereocenters. The van der Waals surface area contributed by atoms with Gasteiger partial charge in [-0.05, 0) is 30.2 Å². The van der Waals surface area contributed by atoms with Gasteiger partial charge in [0.05, 0.1) is 0 Å². The number of benzene rings is 1. The Kier molecular flexibility index (Phi) is 5.81. The molecule has 3 N–H and O–H groups in total. The number of carbonyl (C=O) groups is 3. The van der Waals surface area contributed by atoms with E-state index in [0.717, 1.165) is 0 Å². The average molecular weight is 365 g/mol. The zero-order chi connectivity index (χ0) is 18.6. The van der Waals surface area contributed by atoms with Crippen molar-refractivity contribution in [1.29, 1.82) is 0 Å². The minimum atomic E-state index is -1.18. The van der Waals surface area contributed by atoms with Gasteiger partial charge in [-0.2, -0.15) is 0 Å². The van der Waals surface area contributed by atoms with E-state index in [9.17, 15) is 18.8 Å². The maximum atomic E-state index is 13.0. The molecule has 0 bridgehead atoms. The zero-order valence-corrected chi connectivity index (χ0v) is 14.3. The molecule has 0 fully saturated rings. The van der Waals surface area contributed by atoms with Gasteiger partial charge in [0.1, 0.15) is 10.8 Å². The quantitative estimate of drug-likeness (QED) is 0.790. The molecular weight excluding hydrogens is 349 g/mol. The van der Waals surface area contributed by atoms with Crippen LogP contribution in [0.1, 0.15) is 24.3 Å². The summed E-state index contributed by atoms with van der Waals surface area (Å²) < 4.78 is 18.1. The van der Waals surface area contributed by atoms with E-state index in [1.807, 2.05) is 5.32 Å². The summed E-state index contributed by atoms with van der Waals surface area (Å²) in [7, 11) is 0. The van der Waals surface area contributed by atoms with E-state index in [4.69, 9.17) is 10.5 Å². The number of ether oxygens (including phenoxy) is 1. The fourth-order valence-electron chi connectivity index (χ4n) is 1.95. The number of esters is 1. The number of nitrogens with zero attached hydrogens (tertiary/aromatic N) is 1. The molecule has 0 aliphatic heterocycles. The van der Waals surface area contributed by atoms with Crippen molar-refractivity contribution < 1.29 is 23.5 Å². The van der Waals surface area contributed by atoms with Gasteiger partial charge in [0.25, 0.3) is 5.91 Å². The van der Waals surface area contributed by atoms with Crippen molar-refractivity contribution in [1.82, 2.24) is 10.3 Å². The highest BCUT2D eigenvalue weighted by Crippen LogP contribution is 2.24. The standard InChI is InChI=1S/C16H16FN3O4S/c1-8(2)12(13(21)20-16(18)23)24-15(22)11-7-25-14(19-11)9-3-5-10(17)6-4-9/h3-8,12H,1-2H3,(H3,18,20,21,23)/t12-/m1/s1. The molecule has 0 aliphatic rings. The van der Waals surface area contributed by atoms with Crippen LogP contribution in [0, 0.1) is 11.7 Å². The minimum absolute atomic E-state index is 0.0156. The maximum Gasteiger partial charge on any atom is 0.358 e. The topological polar surface area (TPSA) is 111 Å². The number of halogens is 1. The lowest BCUT2D eigenvalue weighted by molar-refractivity contribution is -0.130. The maximum absolute atomic E-state index is 13.0. The summed E-state index contributed by atoms with van der Waals surface area (Å²) in [5, 5.41) is 3.87. The molecule has 1 aromatic carbocycles. The molecule has 7 nitrogen and oxygen atoms in total. The second-order valence-electron chi connectivity index (χ2n) is 5.47. The van der Waals surface area contributed by atoms with Gasteiger partial charge >= 0.3 is 12.0 Å². The predicted octanol–water partition coefficient (Wildman–Crippen LogP) is 2.33. The van der Waals surface area contributed by atoms with Crippen molar-refractivity contribution >= 4 is 29.2 Å². The Morgan fingerprint density at radius 2 is 1.88 bits per heavy atom. The Bertz CT molecular complexity index is 789. The van der Waals surface area contributed by atoms with Crippen LogP contribution in [0.2, 0.25) is 0 Å². The van der Waals surface area contributed by atoms with Crippen LogP contribution in [0.4, 0.5) is 9.18 Å². The molecule has 9 heteroatoms. The van der Waals surface area contributed by atoms with Crippen LogP contribution in [-0.4, -0.2) is 29.0 Å². The Morgan fingerprint density at radius 1 is 1.24 bits per heavy atom. The highest BCUT2D eigenvalue weighted by Gasteiger charge is 2.28. The summed E-state index contributed by atoms with van der Waals surface area (Å²) in [6.45, 7) is 3.31. The van der Waals surface area contributed by atoms with Gasteiger partial charge in [0.15, 0.2) is 11.8 Å². The van der Waals surface area contributed by atoms with Gasteiger partial charge in [-0.15, -0.1) is 11.3 Å². The lowest BCUT2D eigenvalue weighted by Gasteiger charge is -2.19. The first-order valence-electron chi connectivity index (χ1n) is 7.30. The summed E-state index contributed by atoms with van der Waals surface area (Å²) >= 11 is 1.18. The van der Waals surface area contributed by atoms with Crippen LogP contribution in [-0.2, 0) is 9.53 Å². The number of hydrogen-bond acceptors (Lipinski definition) is 6. The molecule has 0 aliphatic carbocycles. The molecule has 1 heterocycles. The first-order valence-corrected chi connectivity index (χ1v) is 8.18. The van der Waals surface area contributed by atoms with Crippen LogP contribution in [0.25, 0.3) is 10.6 Å². The van der Waals surface area contributed by atoms with Gasteiger partial charge < -0.3 is 10.5 Å². The molecule has 25 heavy (non-hydrogen) atoms. The molecule has 0 radical (unpaired) electrons. The van der Waals surface area contributed by atoms with Gasteiger partial charge in [0.2, 0.25) is 0 Å². The van der Waals surface area contributed by atoms with Crippen LogP contribution < -0.4 is 11.1 Å².